The van der Waals surface area contributed by atoms with Crippen LogP contribution in [0, 0.1) is 11.8 Å². The number of hydrogen-bond donors (Lipinski definition) is 2. The molecule has 0 spiro atoms. The van der Waals surface area contributed by atoms with Crippen molar-refractivity contribution in [1.29, 1.82) is 0 Å². The van der Waals surface area contributed by atoms with E-state index in [9.17, 15) is 9.90 Å². The van der Waals surface area contributed by atoms with Crippen LogP contribution in [0.2, 0.25) is 0 Å². The van der Waals surface area contributed by atoms with Gasteiger partial charge in [0.25, 0.3) is 0 Å². The van der Waals surface area contributed by atoms with Crippen LogP contribution in [-0.4, -0.2) is 41.1 Å². The van der Waals surface area contributed by atoms with E-state index in [1.54, 1.807) is 11.9 Å². The first-order valence-corrected chi connectivity index (χ1v) is 6.93. The van der Waals surface area contributed by atoms with Gasteiger partial charge in [0.2, 0.25) is 5.91 Å². The summed E-state index contributed by atoms with van der Waals surface area (Å²) in [4.78, 5) is 14.1. The highest BCUT2D eigenvalue weighted by atomic mass is 16.3. The Labute approximate surface area is 111 Å². The maximum atomic E-state index is 12.4. The highest BCUT2D eigenvalue weighted by Crippen LogP contribution is 2.31. The van der Waals surface area contributed by atoms with Gasteiger partial charge in [-0.3, -0.25) is 4.79 Å². The number of aliphatic hydroxyl groups excluding tert-OH is 1. The van der Waals surface area contributed by atoms with E-state index < -0.39 is 5.54 Å². The number of aliphatic hydroxyl groups is 1. The van der Waals surface area contributed by atoms with Crippen molar-refractivity contribution in [2.24, 2.45) is 17.6 Å². The van der Waals surface area contributed by atoms with Crippen LogP contribution in [0.5, 0.6) is 0 Å². The Balaban J connectivity index is 2.65. The Morgan fingerprint density at radius 3 is 2.61 bits per heavy atom. The molecule has 0 aromatic carbocycles. The summed E-state index contributed by atoms with van der Waals surface area (Å²) in [5.41, 5.74) is 5.49. The van der Waals surface area contributed by atoms with Gasteiger partial charge in [-0.15, -0.1) is 0 Å². The van der Waals surface area contributed by atoms with Gasteiger partial charge < -0.3 is 15.7 Å². The van der Waals surface area contributed by atoms with Crippen LogP contribution in [0.4, 0.5) is 0 Å². The molecule has 18 heavy (non-hydrogen) atoms. The maximum absolute atomic E-state index is 12.4. The van der Waals surface area contributed by atoms with Gasteiger partial charge in [0, 0.05) is 19.0 Å². The largest absolute Gasteiger partial charge is 0.394 e. The number of hydrogen-bond acceptors (Lipinski definition) is 3. The van der Waals surface area contributed by atoms with Gasteiger partial charge in [0.1, 0.15) is 0 Å². The van der Waals surface area contributed by atoms with Gasteiger partial charge in [-0.2, -0.15) is 0 Å². The lowest BCUT2D eigenvalue weighted by molar-refractivity contribution is -0.142. The first-order valence-electron chi connectivity index (χ1n) is 6.93. The molecule has 4 heteroatoms. The summed E-state index contributed by atoms with van der Waals surface area (Å²) in [6, 6.07) is 0.246. The van der Waals surface area contributed by atoms with Gasteiger partial charge in [-0.25, -0.2) is 0 Å². The van der Waals surface area contributed by atoms with Crippen molar-refractivity contribution in [1.82, 2.24) is 4.90 Å². The molecule has 1 aliphatic carbocycles. The number of amides is 1. The number of carbonyl (C=O) groups excluding carboxylic acids is 1. The normalized spacial score (nSPS) is 26.8. The van der Waals surface area contributed by atoms with E-state index in [-0.39, 0.29) is 24.5 Å². The molecule has 1 amide bonds. The quantitative estimate of drug-likeness (QED) is 0.798. The van der Waals surface area contributed by atoms with Gasteiger partial charge in [-0.05, 0) is 39.0 Å². The van der Waals surface area contributed by atoms with Crippen molar-refractivity contribution >= 4 is 5.91 Å². The smallest absolute Gasteiger partial charge is 0.225 e. The predicted octanol–water partition coefficient (Wildman–Crippen LogP) is 1.37. The molecule has 3 atom stereocenters. The molecular weight excluding hydrogens is 228 g/mol. The molecule has 1 aliphatic rings. The van der Waals surface area contributed by atoms with Crippen LogP contribution < -0.4 is 5.73 Å². The maximum Gasteiger partial charge on any atom is 0.225 e. The summed E-state index contributed by atoms with van der Waals surface area (Å²) in [5.74, 6) is 0.499. The standard InChI is InChI=1S/C14H28N2O2/c1-10(11-6-5-7-12(15)8-11)13(18)16(4)14(2,3)9-17/h10-12,17H,5-9,15H2,1-4H3. The van der Waals surface area contributed by atoms with Crippen molar-refractivity contribution in [3.63, 3.8) is 0 Å². The minimum absolute atomic E-state index is 0.00725. The molecule has 4 nitrogen and oxygen atoms in total. The molecule has 0 radical (unpaired) electrons. The summed E-state index contributed by atoms with van der Waals surface area (Å²) < 4.78 is 0. The molecule has 0 aliphatic heterocycles. The number of likely N-dealkylation sites (N-methyl/N-ethyl adjacent to an activating group) is 1. The molecular formula is C14H28N2O2. The lowest BCUT2D eigenvalue weighted by Gasteiger charge is -2.38. The van der Waals surface area contributed by atoms with E-state index in [0.717, 1.165) is 25.7 Å². The van der Waals surface area contributed by atoms with Crippen molar-refractivity contribution < 1.29 is 9.90 Å². The van der Waals surface area contributed by atoms with Crippen molar-refractivity contribution in [3.05, 3.63) is 0 Å². The van der Waals surface area contributed by atoms with Gasteiger partial charge in [-0.1, -0.05) is 13.3 Å². The number of carbonyl (C=O) groups is 1. The van der Waals surface area contributed by atoms with Crippen LogP contribution in [-0.2, 0) is 4.79 Å². The molecule has 0 heterocycles. The van der Waals surface area contributed by atoms with Crippen molar-refractivity contribution in [2.45, 2.75) is 58.0 Å². The summed E-state index contributed by atoms with van der Waals surface area (Å²) >= 11 is 0. The topological polar surface area (TPSA) is 66.6 Å². The summed E-state index contributed by atoms with van der Waals surface area (Å²) in [6.45, 7) is 5.73. The van der Waals surface area contributed by atoms with Crippen molar-refractivity contribution in [3.8, 4) is 0 Å². The van der Waals surface area contributed by atoms with Gasteiger partial charge in [0.05, 0.1) is 12.1 Å². The van der Waals surface area contributed by atoms with Crippen LogP contribution >= 0.6 is 0 Å². The molecule has 3 N–H and O–H groups in total. The molecule has 106 valence electrons. The van der Waals surface area contributed by atoms with Crippen LogP contribution in [0.15, 0.2) is 0 Å². The van der Waals surface area contributed by atoms with E-state index in [2.05, 4.69) is 0 Å². The van der Waals surface area contributed by atoms with E-state index in [0.29, 0.717) is 5.92 Å². The first-order chi connectivity index (χ1) is 8.29. The third-order valence-corrected chi connectivity index (χ3v) is 4.48. The lowest BCUT2D eigenvalue weighted by Crippen LogP contribution is -2.51. The van der Waals surface area contributed by atoms with E-state index >= 15 is 0 Å². The summed E-state index contributed by atoms with van der Waals surface area (Å²) in [5, 5.41) is 9.33. The van der Waals surface area contributed by atoms with Gasteiger partial charge in [0.15, 0.2) is 0 Å². The van der Waals surface area contributed by atoms with Crippen LogP contribution in [0.25, 0.3) is 0 Å². The average Bonchev–Trinajstić information content (AvgIpc) is 2.36. The number of rotatable bonds is 4. The zero-order valence-electron chi connectivity index (χ0n) is 12.1. The molecule has 0 bridgehead atoms. The fourth-order valence-corrected chi connectivity index (χ4v) is 2.63. The van der Waals surface area contributed by atoms with Crippen molar-refractivity contribution in [2.75, 3.05) is 13.7 Å². The zero-order chi connectivity index (χ0) is 13.9. The SMILES string of the molecule is CC(C(=O)N(C)C(C)(C)CO)C1CCCC(N)C1. The summed E-state index contributed by atoms with van der Waals surface area (Å²) in [7, 11) is 1.78. The zero-order valence-corrected chi connectivity index (χ0v) is 12.1. The highest BCUT2D eigenvalue weighted by Gasteiger charge is 2.34. The third-order valence-electron chi connectivity index (χ3n) is 4.48. The molecule has 3 unspecified atom stereocenters. The lowest BCUT2D eigenvalue weighted by atomic mass is 9.78. The molecule has 1 rings (SSSR count). The fraction of sp³-hybridized carbons (Fsp3) is 0.929. The molecule has 0 aromatic rings. The van der Waals surface area contributed by atoms with Crippen LogP contribution in [0.1, 0.15) is 46.5 Å². The molecule has 1 fully saturated rings. The second-order valence-corrected chi connectivity index (χ2v) is 6.34. The Hall–Kier alpha value is -0.610. The van der Waals surface area contributed by atoms with Gasteiger partial charge >= 0.3 is 0 Å². The summed E-state index contributed by atoms with van der Waals surface area (Å²) in [6.07, 6.45) is 4.24. The minimum atomic E-state index is -0.498. The van der Waals surface area contributed by atoms with E-state index in [4.69, 9.17) is 5.73 Å². The molecule has 0 saturated heterocycles. The molecule has 1 saturated carbocycles. The average molecular weight is 256 g/mol. The Bertz CT molecular complexity index is 292. The Morgan fingerprint density at radius 1 is 1.50 bits per heavy atom. The number of nitrogens with zero attached hydrogens (tertiary/aromatic N) is 1. The second-order valence-electron chi connectivity index (χ2n) is 6.34. The minimum Gasteiger partial charge on any atom is -0.394 e. The number of nitrogens with two attached hydrogens (primary N) is 1. The predicted molar refractivity (Wildman–Crippen MR) is 73.0 cm³/mol. The van der Waals surface area contributed by atoms with Crippen LogP contribution in [0.3, 0.4) is 0 Å². The highest BCUT2D eigenvalue weighted by molar-refractivity contribution is 5.79. The third kappa shape index (κ3) is 3.45. The second kappa shape index (κ2) is 6.02. The fourth-order valence-electron chi connectivity index (χ4n) is 2.63. The Morgan fingerprint density at radius 2 is 2.11 bits per heavy atom. The Kier molecular flexibility index (Phi) is 5.17. The van der Waals surface area contributed by atoms with E-state index in [1.807, 2.05) is 20.8 Å². The monoisotopic (exact) mass is 256 g/mol. The first kappa shape index (κ1) is 15.4. The van der Waals surface area contributed by atoms with E-state index in [1.165, 1.54) is 0 Å². The molecule has 0 aromatic heterocycles.